The Labute approximate surface area is 233 Å². The molecule has 0 unspecified atom stereocenters. The van der Waals surface area contributed by atoms with E-state index in [1.54, 1.807) is 12.3 Å². The molecule has 10 heteroatoms. The summed E-state index contributed by atoms with van der Waals surface area (Å²) in [7, 11) is 0. The van der Waals surface area contributed by atoms with Crippen LogP contribution in [0, 0.1) is 17.0 Å². The standard InChI is InChI=1S/C30H39F2N5O3/c1-30(2,3)26(27(38)29(40)35-13-11-24(34)28(39)36-14-12-33)25-15-20(22-16-21(31)9-10-23(22)32)18-37(25)17-19-7-5-4-6-8-19/h4-10,15-16,18,24,26-27,38H,11-14,17,33-34H2,1-3H3,(H,35,40)(H,36,39)/t24-,26+,27-/m0/s1. The van der Waals surface area contributed by atoms with Crippen molar-refractivity contribution in [3.8, 4) is 11.1 Å². The van der Waals surface area contributed by atoms with E-state index >= 15 is 0 Å². The lowest BCUT2D eigenvalue weighted by Gasteiger charge is -2.35. The largest absolute Gasteiger partial charge is 0.383 e. The van der Waals surface area contributed by atoms with Gasteiger partial charge in [-0.3, -0.25) is 9.59 Å². The normalized spacial score (nSPS) is 13.9. The number of aliphatic hydroxyl groups is 1. The molecule has 0 spiro atoms. The third-order valence-electron chi connectivity index (χ3n) is 6.74. The average Bonchev–Trinajstić information content (AvgIpc) is 3.30. The van der Waals surface area contributed by atoms with Gasteiger partial charge in [-0.05, 0) is 41.7 Å². The maximum Gasteiger partial charge on any atom is 0.249 e. The summed E-state index contributed by atoms with van der Waals surface area (Å²) in [5, 5.41) is 16.6. The smallest absolute Gasteiger partial charge is 0.249 e. The number of rotatable bonds is 12. The molecule has 7 N–H and O–H groups in total. The molecule has 2 aromatic carbocycles. The van der Waals surface area contributed by atoms with Crippen LogP contribution in [0.5, 0.6) is 0 Å². The highest BCUT2D eigenvalue weighted by Crippen LogP contribution is 2.41. The number of benzene rings is 2. The van der Waals surface area contributed by atoms with Crippen molar-refractivity contribution >= 4 is 11.8 Å². The van der Waals surface area contributed by atoms with E-state index in [4.69, 9.17) is 11.5 Å². The van der Waals surface area contributed by atoms with Gasteiger partial charge in [-0.15, -0.1) is 0 Å². The minimum Gasteiger partial charge on any atom is -0.383 e. The second-order valence-corrected chi connectivity index (χ2v) is 10.9. The topological polar surface area (TPSA) is 135 Å². The maximum absolute atomic E-state index is 14.7. The van der Waals surface area contributed by atoms with Gasteiger partial charge < -0.3 is 31.8 Å². The van der Waals surface area contributed by atoms with Crippen molar-refractivity contribution in [2.45, 2.75) is 51.8 Å². The van der Waals surface area contributed by atoms with Gasteiger partial charge in [-0.25, -0.2) is 8.78 Å². The highest BCUT2D eigenvalue weighted by atomic mass is 19.1. The van der Waals surface area contributed by atoms with Crippen molar-refractivity contribution in [1.82, 2.24) is 15.2 Å². The Balaban J connectivity index is 1.91. The quantitative estimate of drug-likeness (QED) is 0.234. The summed E-state index contributed by atoms with van der Waals surface area (Å²) < 4.78 is 30.7. The number of nitrogens with two attached hydrogens (primary N) is 2. The summed E-state index contributed by atoms with van der Waals surface area (Å²) in [5.41, 5.74) is 12.7. The molecule has 8 nitrogen and oxygen atoms in total. The van der Waals surface area contributed by atoms with Crippen molar-refractivity contribution in [2.24, 2.45) is 16.9 Å². The van der Waals surface area contributed by atoms with Gasteiger partial charge in [-0.1, -0.05) is 51.1 Å². The molecular weight excluding hydrogens is 516 g/mol. The number of aliphatic hydroxyl groups excluding tert-OH is 1. The summed E-state index contributed by atoms with van der Waals surface area (Å²) in [6, 6.07) is 13.7. The first-order valence-corrected chi connectivity index (χ1v) is 13.3. The van der Waals surface area contributed by atoms with E-state index in [1.165, 1.54) is 0 Å². The lowest BCUT2D eigenvalue weighted by atomic mass is 9.74. The number of hydrogen-bond donors (Lipinski definition) is 5. The number of nitrogens with zero attached hydrogens (tertiary/aromatic N) is 1. The predicted octanol–water partition coefficient (Wildman–Crippen LogP) is 2.88. The molecule has 0 fully saturated rings. The van der Waals surface area contributed by atoms with Gasteiger partial charge in [0.1, 0.15) is 17.7 Å². The number of hydrogen-bond acceptors (Lipinski definition) is 5. The van der Waals surface area contributed by atoms with Crippen molar-refractivity contribution in [2.75, 3.05) is 19.6 Å². The van der Waals surface area contributed by atoms with Crippen LogP contribution in [0.2, 0.25) is 0 Å². The third kappa shape index (κ3) is 7.97. The van der Waals surface area contributed by atoms with Crippen LogP contribution in [-0.2, 0) is 16.1 Å². The first kappa shape index (κ1) is 30.9. The first-order chi connectivity index (χ1) is 18.9. The van der Waals surface area contributed by atoms with E-state index in [1.807, 2.05) is 55.7 Å². The van der Waals surface area contributed by atoms with Gasteiger partial charge >= 0.3 is 0 Å². The minimum absolute atomic E-state index is 0.0781. The van der Waals surface area contributed by atoms with E-state index in [0.29, 0.717) is 24.3 Å². The summed E-state index contributed by atoms with van der Waals surface area (Å²) in [6.07, 6.45) is 0.405. The number of aromatic nitrogens is 1. The molecule has 40 heavy (non-hydrogen) atoms. The average molecular weight is 556 g/mol. The molecule has 1 aromatic heterocycles. The lowest BCUT2D eigenvalue weighted by molar-refractivity contribution is -0.132. The van der Waals surface area contributed by atoms with Crippen molar-refractivity contribution in [1.29, 1.82) is 0 Å². The van der Waals surface area contributed by atoms with E-state index in [0.717, 1.165) is 23.8 Å². The van der Waals surface area contributed by atoms with Crippen LogP contribution < -0.4 is 22.1 Å². The zero-order valence-corrected chi connectivity index (χ0v) is 23.2. The van der Waals surface area contributed by atoms with Crippen LogP contribution in [0.25, 0.3) is 11.1 Å². The molecule has 0 radical (unpaired) electrons. The molecule has 3 aromatic rings. The molecule has 0 saturated carbocycles. The summed E-state index contributed by atoms with van der Waals surface area (Å²) in [5.74, 6) is -2.87. The number of carbonyl (C=O) groups is 2. The van der Waals surface area contributed by atoms with Crippen LogP contribution in [-0.4, -0.2) is 53.3 Å². The van der Waals surface area contributed by atoms with Crippen LogP contribution in [0.15, 0.2) is 60.8 Å². The summed E-state index contributed by atoms with van der Waals surface area (Å²) >= 11 is 0. The zero-order chi connectivity index (χ0) is 29.4. The van der Waals surface area contributed by atoms with Gasteiger partial charge in [0.05, 0.1) is 6.04 Å². The molecular formula is C30H39F2N5O3. The Morgan fingerprint density at radius 1 is 1.00 bits per heavy atom. The van der Waals surface area contributed by atoms with Gasteiger partial charge in [0, 0.05) is 55.1 Å². The fourth-order valence-electron chi connectivity index (χ4n) is 4.72. The summed E-state index contributed by atoms with van der Waals surface area (Å²) in [4.78, 5) is 25.1. The van der Waals surface area contributed by atoms with Crippen molar-refractivity contribution in [3.05, 3.63) is 83.7 Å². The highest BCUT2D eigenvalue weighted by molar-refractivity contribution is 5.83. The third-order valence-corrected chi connectivity index (χ3v) is 6.74. The number of amides is 2. The Morgan fingerprint density at radius 3 is 2.33 bits per heavy atom. The molecule has 216 valence electrons. The molecule has 3 atom stereocenters. The van der Waals surface area contributed by atoms with Crippen molar-refractivity contribution < 1.29 is 23.5 Å². The molecule has 2 amide bonds. The Morgan fingerprint density at radius 2 is 1.68 bits per heavy atom. The predicted molar refractivity (Wildman–Crippen MR) is 151 cm³/mol. The monoisotopic (exact) mass is 555 g/mol. The molecule has 0 bridgehead atoms. The molecule has 0 aliphatic carbocycles. The fourth-order valence-corrected chi connectivity index (χ4v) is 4.72. The second-order valence-electron chi connectivity index (χ2n) is 10.9. The highest BCUT2D eigenvalue weighted by Gasteiger charge is 2.39. The summed E-state index contributed by atoms with van der Waals surface area (Å²) in [6.45, 7) is 6.75. The maximum atomic E-state index is 14.7. The van der Waals surface area contributed by atoms with Gasteiger partial charge in [-0.2, -0.15) is 0 Å². The van der Waals surface area contributed by atoms with Crippen LogP contribution in [0.4, 0.5) is 8.78 Å². The van der Waals surface area contributed by atoms with Crippen LogP contribution in [0.1, 0.15) is 44.4 Å². The molecule has 3 rings (SSSR count). The zero-order valence-electron chi connectivity index (χ0n) is 23.2. The minimum atomic E-state index is -1.48. The Bertz CT molecular complexity index is 1290. The molecule has 0 saturated heterocycles. The molecule has 1 heterocycles. The van der Waals surface area contributed by atoms with Crippen LogP contribution in [0.3, 0.4) is 0 Å². The van der Waals surface area contributed by atoms with E-state index in [9.17, 15) is 23.5 Å². The Kier molecular flexibility index (Phi) is 10.6. The SMILES string of the molecule is CC(C)(C)[C@H](c1cc(-c2cc(F)ccc2F)cn1Cc1ccccc1)[C@H](O)C(=O)NCC[C@H](N)C(=O)NCCN. The number of nitrogens with one attached hydrogen (secondary N) is 2. The number of carbonyl (C=O) groups excluding carboxylic acids is 2. The van der Waals surface area contributed by atoms with Gasteiger partial charge in [0.15, 0.2) is 0 Å². The van der Waals surface area contributed by atoms with Crippen LogP contribution >= 0.6 is 0 Å². The fraction of sp³-hybridized carbons (Fsp3) is 0.400. The van der Waals surface area contributed by atoms with Gasteiger partial charge in [0.25, 0.3) is 0 Å². The lowest BCUT2D eigenvalue weighted by Crippen LogP contribution is -2.46. The van der Waals surface area contributed by atoms with Gasteiger partial charge in [0.2, 0.25) is 11.8 Å². The first-order valence-electron chi connectivity index (χ1n) is 13.3. The second kappa shape index (κ2) is 13.6. The van der Waals surface area contributed by atoms with E-state index in [-0.39, 0.29) is 31.0 Å². The molecule has 0 aliphatic rings. The van der Waals surface area contributed by atoms with E-state index in [2.05, 4.69) is 10.6 Å². The molecule has 0 aliphatic heterocycles. The Hall–Kier alpha value is -3.60. The van der Waals surface area contributed by atoms with E-state index < -0.39 is 41.0 Å². The number of halogens is 2. The van der Waals surface area contributed by atoms with Crippen molar-refractivity contribution in [3.63, 3.8) is 0 Å².